The van der Waals surface area contributed by atoms with E-state index < -0.39 is 0 Å². The highest BCUT2D eigenvalue weighted by Gasteiger charge is 2.32. The van der Waals surface area contributed by atoms with E-state index in [0.29, 0.717) is 38.3 Å². The van der Waals surface area contributed by atoms with Crippen molar-refractivity contribution in [3.63, 3.8) is 0 Å². The zero-order valence-electron chi connectivity index (χ0n) is 17.5. The maximum atomic E-state index is 12.9. The Bertz CT molecular complexity index is 1060. The van der Waals surface area contributed by atoms with Gasteiger partial charge in [0.15, 0.2) is 5.69 Å². The summed E-state index contributed by atoms with van der Waals surface area (Å²) < 4.78 is 5.41. The number of carbonyl (C=O) groups is 1. The first kappa shape index (κ1) is 20.5. The molecule has 1 atom stereocenters. The molecule has 7 heteroatoms. The van der Waals surface area contributed by atoms with Crippen LogP contribution in [0, 0.1) is 6.57 Å². The van der Waals surface area contributed by atoms with Gasteiger partial charge in [0.05, 0.1) is 44.3 Å². The number of imidazole rings is 1. The molecule has 7 nitrogen and oxygen atoms in total. The molecule has 2 heterocycles. The highest BCUT2D eigenvalue weighted by atomic mass is 16.6. The number of H-pyrrole nitrogens is 1. The van der Waals surface area contributed by atoms with Gasteiger partial charge < -0.3 is 14.6 Å². The number of benzene rings is 2. The molecule has 0 unspecified atom stereocenters. The molecule has 0 bridgehead atoms. The van der Waals surface area contributed by atoms with E-state index in [1.54, 1.807) is 11.2 Å². The molecule has 0 fully saturated rings. The largest absolute Gasteiger partial charge is 0.450 e. The zero-order chi connectivity index (χ0) is 21.6. The lowest BCUT2D eigenvalue weighted by molar-refractivity contribution is 0.0887. The standard InChI is InChI=1S/C24H25N5O2/c1-3-31-24(30)29-14-19-12-20(25-2)9-10-23(19)28(15-21-13-26-17-27-21)16-22(29)11-18-7-5-4-6-8-18/h4-10,12-13,17,22H,3,11,14-16H2,1H3,(H,26,27)/t22-/m1/s1. The Morgan fingerprint density at radius 1 is 1.29 bits per heavy atom. The molecule has 31 heavy (non-hydrogen) atoms. The maximum Gasteiger partial charge on any atom is 0.410 e. The summed E-state index contributed by atoms with van der Waals surface area (Å²) >= 11 is 0. The zero-order valence-corrected chi connectivity index (χ0v) is 17.5. The molecule has 1 aliphatic heterocycles. The molecule has 1 aromatic heterocycles. The Kier molecular flexibility index (Phi) is 6.18. The average molecular weight is 415 g/mol. The van der Waals surface area contributed by atoms with Crippen LogP contribution in [0.2, 0.25) is 0 Å². The van der Waals surface area contributed by atoms with Crippen molar-refractivity contribution in [2.24, 2.45) is 0 Å². The number of rotatable bonds is 5. The Morgan fingerprint density at radius 3 is 2.84 bits per heavy atom. The van der Waals surface area contributed by atoms with Crippen molar-refractivity contribution in [2.45, 2.75) is 32.5 Å². The first-order valence-electron chi connectivity index (χ1n) is 10.4. The molecule has 0 spiro atoms. The number of ether oxygens (including phenoxy) is 1. The van der Waals surface area contributed by atoms with E-state index >= 15 is 0 Å². The van der Waals surface area contributed by atoms with Gasteiger partial charge in [-0.15, -0.1) is 0 Å². The van der Waals surface area contributed by atoms with Crippen LogP contribution in [-0.4, -0.2) is 40.2 Å². The second-order valence-corrected chi connectivity index (χ2v) is 7.55. The minimum atomic E-state index is -0.328. The van der Waals surface area contributed by atoms with Gasteiger partial charge in [-0.25, -0.2) is 14.6 Å². The van der Waals surface area contributed by atoms with E-state index in [9.17, 15) is 4.79 Å². The van der Waals surface area contributed by atoms with E-state index in [2.05, 4.69) is 31.8 Å². The smallest absolute Gasteiger partial charge is 0.410 e. The monoisotopic (exact) mass is 415 g/mol. The number of amides is 1. The molecule has 0 aliphatic carbocycles. The molecule has 1 aliphatic rings. The van der Waals surface area contributed by atoms with Gasteiger partial charge >= 0.3 is 6.09 Å². The van der Waals surface area contributed by atoms with Crippen LogP contribution in [0.3, 0.4) is 0 Å². The fourth-order valence-electron chi connectivity index (χ4n) is 4.05. The van der Waals surface area contributed by atoms with Crippen LogP contribution in [0.4, 0.5) is 16.2 Å². The Morgan fingerprint density at radius 2 is 2.13 bits per heavy atom. The quantitative estimate of drug-likeness (QED) is 0.621. The maximum absolute atomic E-state index is 12.9. The fraction of sp³-hybridized carbons (Fsp3) is 0.292. The Balaban J connectivity index is 1.74. The van der Waals surface area contributed by atoms with Crippen molar-refractivity contribution in [3.05, 3.63) is 89.3 Å². The first-order chi connectivity index (χ1) is 15.2. The molecule has 0 radical (unpaired) electrons. The number of aromatic amines is 1. The Hall–Kier alpha value is -3.79. The van der Waals surface area contributed by atoms with E-state index in [0.717, 1.165) is 22.5 Å². The normalized spacial score (nSPS) is 15.7. The van der Waals surface area contributed by atoms with E-state index in [1.165, 1.54) is 0 Å². The summed E-state index contributed by atoms with van der Waals surface area (Å²) in [6, 6.07) is 15.8. The van der Waals surface area contributed by atoms with Crippen LogP contribution in [-0.2, 0) is 24.2 Å². The average Bonchev–Trinajstić information content (AvgIpc) is 3.25. The fourth-order valence-corrected chi connectivity index (χ4v) is 4.05. The van der Waals surface area contributed by atoms with Crippen molar-refractivity contribution >= 4 is 17.5 Å². The lowest BCUT2D eigenvalue weighted by Crippen LogP contribution is -2.46. The number of aromatic nitrogens is 2. The van der Waals surface area contributed by atoms with Crippen molar-refractivity contribution in [1.82, 2.24) is 14.9 Å². The minimum absolute atomic E-state index is 0.0897. The highest BCUT2D eigenvalue weighted by molar-refractivity contribution is 5.71. The first-order valence-corrected chi connectivity index (χ1v) is 10.4. The van der Waals surface area contributed by atoms with Gasteiger partial charge in [0.25, 0.3) is 0 Å². The number of nitrogens with zero attached hydrogens (tertiary/aromatic N) is 4. The summed E-state index contributed by atoms with van der Waals surface area (Å²) in [5, 5.41) is 0. The topological polar surface area (TPSA) is 65.8 Å². The number of fused-ring (bicyclic) bond motifs is 1. The van der Waals surface area contributed by atoms with Crippen LogP contribution in [0.15, 0.2) is 61.1 Å². The molecule has 2 aromatic carbocycles. The highest BCUT2D eigenvalue weighted by Crippen LogP contribution is 2.33. The summed E-state index contributed by atoms with van der Waals surface area (Å²) in [5.41, 5.74) is 4.67. The number of hydrogen-bond acceptors (Lipinski definition) is 4. The summed E-state index contributed by atoms with van der Waals surface area (Å²) in [5.74, 6) is 0. The van der Waals surface area contributed by atoms with Crippen molar-refractivity contribution < 1.29 is 9.53 Å². The van der Waals surface area contributed by atoms with E-state index in [-0.39, 0.29) is 12.1 Å². The van der Waals surface area contributed by atoms with Gasteiger partial charge in [-0.3, -0.25) is 4.90 Å². The second kappa shape index (κ2) is 9.35. The summed E-state index contributed by atoms with van der Waals surface area (Å²) in [4.78, 5) is 27.9. The Labute approximate surface area is 182 Å². The van der Waals surface area contributed by atoms with Gasteiger partial charge in [0.2, 0.25) is 0 Å². The molecule has 0 saturated heterocycles. The second-order valence-electron chi connectivity index (χ2n) is 7.55. The molecule has 1 amide bonds. The van der Waals surface area contributed by atoms with Crippen LogP contribution in [0.1, 0.15) is 23.7 Å². The summed E-state index contributed by atoms with van der Waals surface area (Å²) in [7, 11) is 0. The molecule has 1 N–H and O–H groups in total. The lowest BCUT2D eigenvalue weighted by Gasteiger charge is -2.32. The molecule has 0 saturated carbocycles. The van der Waals surface area contributed by atoms with Crippen LogP contribution < -0.4 is 4.90 Å². The summed E-state index contributed by atoms with van der Waals surface area (Å²) in [6.45, 7) is 11.2. The van der Waals surface area contributed by atoms with Crippen molar-refractivity contribution in [2.75, 3.05) is 18.1 Å². The van der Waals surface area contributed by atoms with E-state index in [1.807, 2.05) is 49.5 Å². The van der Waals surface area contributed by atoms with Gasteiger partial charge in [0, 0.05) is 18.4 Å². The molecule has 3 aromatic rings. The number of carbonyl (C=O) groups excluding carboxylic acids is 1. The predicted molar refractivity (Wildman–Crippen MR) is 119 cm³/mol. The lowest BCUT2D eigenvalue weighted by atomic mass is 10.0. The van der Waals surface area contributed by atoms with Crippen LogP contribution in [0.25, 0.3) is 4.85 Å². The molecule has 158 valence electrons. The van der Waals surface area contributed by atoms with Crippen LogP contribution >= 0.6 is 0 Å². The number of nitrogens with one attached hydrogen (secondary N) is 1. The third-order valence-corrected chi connectivity index (χ3v) is 5.48. The number of hydrogen-bond donors (Lipinski definition) is 1. The van der Waals surface area contributed by atoms with Crippen molar-refractivity contribution in [3.8, 4) is 0 Å². The summed E-state index contributed by atoms with van der Waals surface area (Å²) in [6.07, 6.45) is 3.87. The third-order valence-electron chi connectivity index (χ3n) is 5.48. The minimum Gasteiger partial charge on any atom is -0.450 e. The van der Waals surface area contributed by atoms with E-state index in [4.69, 9.17) is 11.3 Å². The number of anilines is 1. The van der Waals surface area contributed by atoms with Crippen molar-refractivity contribution in [1.29, 1.82) is 0 Å². The molecular weight excluding hydrogens is 390 g/mol. The van der Waals surface area contributed by atoms with Gasteiger partial charge in [0.1, 0.15) is 0 Å². The van der Waals surface area contributed by atoms with Gasteiger partial charge in [-0.2, -0.15) is 0 Å². The SMILES string of the molecule is [C-]#[N+]c1ccc2c(c1)CN(C(=O)OCC)[C@H](Cc1ccccc1)CN2Cc1cnc[nH]1. The van der Waals surface area contributed by atoms with Crippen LogP contribution in [0.5, 0.6) is 0 Å². The molecule has 4 rings (SSSR count). The third kappa shape index (κ3) is 4.69. The van der Waals surface area contributed by atoms with Gasteiger partial charge in [-0.05, 0) is 36.6 Å². The van der Waals surface area contributed by atoms with Gasteiger partial charge in [-0.1, -0.05) is 36.4 Å². The molecular formula is C24H25N5O2. The predicted octanol–water partition coefficient (Wildman–Crippen LogP) is 4.55.